The Hall–Kier alpha value is -0.258. The molecule has 0 aromatic carbocycles. The van der Waals surface area contributed by atoms with Crippen LogP contribution in [0.4, 0.5) is 0 Å². The number of aliphatic hydroxyl groups is 1. The zero-order valence-corrected chi connectivity index (χ0v) is 66.0. The molecule has 0 saturated carbocycles. The van der Waals surface area contributed by atoms with E-state index in [1.54, 1.807) is 4.68 Å². The maximum atomic E-state index is 9.05. The van der Waals surface area contributed by atoms with Gasteiger partial charge >= 0.3 is 21.4 Å². The standard InChI is InChI=1S/C19H37BN2O3Si.C13H23BN2O3.C11H19BN2O2.C8H19BrOSi.CH4.B21/c1-14-16(20-24-18(6,7)19(8,9)25-20)15(2)22(21-14)12-13-23-26(10,11)17(3,4)5;1-9-11(10(2)16(15-9)7-8-17)14-18-12(3,4)13(5,6)19-14;1-7-9(8(2)14-13-7)12-15-10(3,4)11(5,6)16-12;1-8(2,3)11(4,5)10-7-6-9;;1-12-18(13(2)3)21(19(14(4)5)15(6)7)20(16(8)9)17(10)11/h12-13H2,1-11H3;17H,7-8H2,1-6H3;1-6H3,(H,13,14);6-7H2,1-5H3;1H4;. The molecule has 3 aliphatic heterocycles. The molecule has 3 aromatic rings. The van der Waals surface area contributed by atoms with Gasteiger partial charge in [-0.2, -0.15) is 15.3 Å². The van der Waals surface area contributed by atoms with Crippen molar-refractivity contribution in [1.29, 1.82) is 0 Å². The van der Waals surface area contributed by atoms with Crippen molar-refractivity contribution in [1.82, 2.24) is 29.8 Å². The molecule has 42 heteroatoms. The highest BCUT2D eigenvalue weighted by Gasteiger charge is 2.56. The number of nitrogens with zero attached hydrogens (tertiary/aromatic N) is 5. The van der Waals surface area contributed by atoms with E-state index in [2.05, 4.69) is 161 Å². The molecule has 3 aromatic heterocycles. The molecular weight excluding hydrogens is 1250 g/mol. The molecule has 3 aliphatic rings. The molecule has 3 saturated heterocycles. The zero-order valence-electron chi connectivity index (χ0n) is 62.4. The number of H-pyrrole nitrogens is 1. The van der Waals surface area contributed by atoms with Gasteiger partial charge in [0, 0.05) is 195 Å². The van der Waals surface area contributed by atoms with E-state index in [1.807, 2.05) is 67.0 Å². The number of aromatic nitrogens is 6. The molecule has 6 rings (SSSR count). The smallest absolute Gasteiger partial charge is 0.416 e. The number of hydrogen-bond donors (Lipinski definition) is 2. The molecule has 6 heterocycles. The molecule has 2 N–H and O–H groups in total. The van der Waals surface area contributed by atoms with Gasteiger partial charge in [0.15, 0.2) is 16.6 Å². The summed E-state index contributed by atoms with van der Waals surface area (Å²) in [4.78, 5) is 0. The number of aryl methyl sites for hydroxylation is 4. The predicted molar refractivity (Wildman–Crippen MR) is 433 cm³/mol. The Morgan fingerprint density at radius 2 is 0.809 bits per heavy atom. The monoisotopic (exact) mass is 1350 g/mol. The Morgan fingerprint density at radius 1 is 0.511 bits per heavy atom. The fourth-order valence-electron chi connectivity index (χ4n) is 10.4. The van der Waals surface area contributed by atoms with Crippen LogP contribution in [0.5, 0.6) is 0 Å². The summed E-state index contributed by atoms with van der Waals surface area (Å²) in [5.74, 6) is 0. The van der Waals surface area contributed by atoms with Gasteiger partial charge in [-0.15, -0.1) is 0 Å². The van der Waals surface area contributed by atoms with Crippen LogP contribution >= 0.6 is 15.9 Å². The summed E-state index contributed by atoms with van der Waals surface area (Å²) in [6.07, 6.45) is -6.78. The van der Waals surface area contributed by atoms with Crippen molar-refractivity contribution in [3.05, 3.63) is 34.2 Å². The Balaban J connectivity index is 0.000000600. The van der Waals surface area contributed by atoms with Crippen LogP contribution in [0.3, 0.4) is 0 Å². The maximum Gasteiger partial charge on any atom is 0.498 e. The number of aliphatic hydroxyl groups excluding tert-OH is 1. The summed E-state index contributed by atoms with van der Waals surface area (Å²) in [5.41, 5.74) is 6.97. The molecule has 23 radical (unpaired) electrons. The first-order valence-electron chi connectivity index (χ1n) is 32.6. The molecule has 0 unspecified atom stereocenters. The van der Waals surface area contributed by atoms with Gasteiger partial charge in [-0.25, -0.2) is 0 Å². The second-order valence-corrected chi connectivity index (χ2v) is 41.7. The van der Waals surface area contributed by atoms with Gasteiger partial charge < -0.3 is 41.9 Å². The normalized spacial score (nSPS) is 17.3. The van der Waals surface area contributed by atoms with Crippen molar-refractivity contribution in [2.24, 2.45) is 0 Å². The lowest BCUT2D eigenvalue weighted by Crippen LogP contribution is -2.81. The van der Waals surface area contributed by atoms with Crippen LogP contribution in [-0.4, -0.2) is 281 Å². The average Bonchev–Trinajstić information content (AvgIpc) is 1.60. The van der Waals surface area contributed by atoms with Crippen molar-refractivity contribution in [2.75, 3.05) is 25.2 Å². The first-order chi connectivity index (χ1) is 41.9. The van der Waals surface area contributed by atoms with Crippen LogP contribution in [0, 0.1) is 41.5 Å². The minimum atomic E-state index is -1.74. The Bertz CT molecular complexity index is 2710. The molecular formula is C52H102B24BrN6O9Si2. The third-order valence-corrected chi connectivity index (χ3v) is 29.9. The molecule has 94 heavy (non-hydrogen) atoms. The molecule has 0 bridgehead atoms. The van der Waals surface area contributed by atoms with Gasteiger partial charge in [-0.1, -0.05) is 64.9 Å². The van der Waals surface area contributed by atoms with E-state index in [1.165, 1.54) is 7.06 Å². The van der Waals surface area contributed by atoms with E-state index >= 15 is 0 Å². The molecule has 0 spiro atoms. The van der Waals surface area contributed by atoms with Gasteiger partial charge in [-0.05, 0) is 161 Å². The van der Waals surface area contributed by atoms with Gasteiger partial charge in [-0.3, -0.25) is 14.5 Å². The van der Waals surface area contributed by atoms with Crippen LogP contribution in [0.25, 0.3) is 0 Å². The largest absolute Gasteiger partial charge is 0.498 e. The topological polar surface area (TPSA) is 158 Å². The first kappa shape index (κ1) is 91.8. The summed E-state index contributed by atoms with van der Waals surface area (Å²) in [6.45, 7) is 62.2. The van der Waals surface area contributed by atoms with E-state index in [0.29, 0.717) is 18.2 Å². The van der Waals surface area contributed by atoms with Crippen molar-refractivity contribution < 1.29 is 41.9 Å². The lowest BCUT2D eigenvalue weighted by Gasteiger charge is -2.43. The second-order valence-electron chi connectivity index (χ2n) is 31.2. The summed E-state index contributed by atoms with van der Waals surface area (Å²) in [6, 6.07) is 0. The molecule has 0 aliphatic carbocycles. The maximum absolute atomic E-state index is 9.05. The summed E-state index contributed by atoms with van der Waals surface area (Å²) in [7, 11) is 60.5. The molecule has 0 amide bonds. The van der Waals surface area contributed by atoms with Crippen molar-refractivity contribution in [2.45, 2.75) is 257 Å². The van der Waals surface area contributed by atoms with Gasteiger partial charge in [0.25, 0.3) is 0 Å². The van der Waals surface area contributed by atoms with Crippen LogP contribution in [0.1, 0.15) is 166 Å². The number of nitrogens with one attached hydrogen (secondary N) is 1. The average molecular weight is 1350 g/mol. The quantitative estimate of drug-likeness (QED) is 0.118. The minimum absolute atomic E-state index is 0. The fraction of sp³-hybridized carbons (Fsp3) is 0.827. The molecule has 0 atom stereocenters. The third-order valence-electron chi connectivity index (χ3n) is 20.5. The van der Waals surface area contributed by atoms with E-state index < -0.39 is 81.2 Å². The highest BCUT2D eigenvalue weighted by Crippen LogP contribution is 2.41. The summed E-state index contributed by atoms with van der Waals surface area (Å²) >= 11 is 3.37. The Labute approximate surface area is 603 Å². The summed E-state index contributed by atoms with van der Waals surface area (Å²) in [5, 5.41) is 26.8. The van der Waals surface area contributed by atoms with Gasteiger partial charge in [0.05, 0.1) is 77.0 Å². The van der Waals surface area contributed by atoms with E-state index in [9.17, 15) is 0 Å². The third kappa shape index (κ3) is 23.1. The van der Waals surface area contributed by atoms with Crippen LogP contribution < -0.4 is 16.4 Å². The Morgan fingerprint density at radius 3 is 1.05 bits per heavy atom. The number of hydrogen-bond acceptors (Lipinski definition) is 12. The molecule has 481 valence electrons. The second kappa shape index (κ2) is 35.8. The van der Waals surface area contributed by atoms with Crippen molar-refractivity contribution in [3.63, 3.8) is 0 Å². The number of halogens is 1. The lowest BCUT2D eigenvalue weighted by molar-refractivity contribution is 0.00578. The zero-order chi connectivity index (χ0) is 72.7. The molecule has 15 nitrogen and oxygen atoms in total. The Kier molecular flexibility index (Phi) is 34.9. The van der Waals surface area contributed by atoms with Crippen LogP contribution in [0.15, 0.2) is 0 Å². The highest BCUT2D eigenvalue weighted by atomic mass is 79.9. The van der Waals surface area contributed by atoms with E-state index in [0.717, 1.165) is 69.0 Å². The van der Waals surface area contributed by atoms with Gasteiger partial charge in [0.2, 0.25) is 0 Å². The van der Waals surface area contributed by atoms with Crippen LogP contribution in [0.2, 0.25) is 36.3 Å². The SMILES string of the molecule is C.CC(C)(C)[Si](C)(C)OCCBr.Cc1n[nH]c(C)c1B1OC(C)(C)C(C)(C)O1.Cc1nn(CCO)c(C)c1B1OC(C)(C)C(C)(C)O1.Cc1nn(CCO[Si](C)(C)C(C)(C)C)c(C)c1B1OC(C)(C)C(C)(C)O1.[B][B]B(B([B])[B])B(B(B([B])[B])B([B])[B])B(B([B])[B])B([B])[B]. The number of alkyl halides is 1. The van der Waals surface area contributed by atoms with Crippen molar-refractivity contribution in [3.8, 4) is 0 Å². The van der Waals surface area contributed by atoms with E-state index in [-0.39, 0.29) is 66.9 Å². The highest BCUT2D eigenvalue weighted by molar-refractivity contribution is 9.09. The van der Waals surface area contributed by atoms with E-state index in [4.69, 9.17) is 132 Å². The first-order valence-corrected chi connectivity index (χ1v) is 39.6. The fourth-order valence-corrected chi connectivity index (χ4v) is 12.9. The minimum Gasteiger partial charge on any atom is -0.416 e. The number of aromatic amines is 1. The van der Waals surface area contributed by atoms with Crippen LogP contribution in [-0.2, 0) is 49.9 Å². The molecule has 3 fully saturated rings. The van der Waals surface area contributed by atoms with Gasteiger partial charge in [0.1, 0.15) is 0 Å². The predicted octanol–water partition coefficient (Wildman–Crippen LogP) is 1.98. The van der Waals surface area contributed by atoms with Crippen molar-refractivity contribution >= 4 is 220 Å². The lowest BCUT2D eigenvalue weighted by atomic mass is 8.38. The number of rotatable bonds is 21. The summed E-state index contributed by atoms with van der Waals surface area (Å²) < 4.78 is 52.5.